The predicted octanol–water partition coefficient (Wildman–Crippen LogP) is 2.40. The van der Waals surface area contributed by atoms with Gasteiger partial charge in [-0.2, -0.15) is 4.98 Å². The molecule has 1 aromatic carbocycles. The van der Waals surface area contributed by atoms with Crippen molar-refractivity contribution >= 4 is 46.6 Å². The van der Waals surface area contributed by atoms with Gasteiger partial charge >= 0.3 is 0 Å². The Morgan fingerprint density at radius 1 is 1.28 bits per heavy atom. The van der Waals surface area contributed by atoms with Crippen molar-refractivity contribution in [2.24, 2.45) is 0 Å². The fraction of sp³-hybridized carbons (Fsp3) is 0.435. The van der Waals surface area contributed by atoms with Crippen molar-refractivity contribution in [3.05, 3.63) is 40.5 Å². The smallest absolute Gasteiger partial charge is 0.243 e. The third kappa shape index (κ3) is 4.83. The number of hydrogen-bond donors (Lipinski definition) is 3. The summed E-state index contributed by atoms with van der Waals surface area (Å²) in [5, 5.41) is 17.9. The summed E-state index contributed by atoms with van der Waals surface area (Å²) >= 11 is 13.2. The molecule has 36 heavy (non-hydrogen) atoms. The monoisotopic (exact) mass is 538 g/mol. The lowest BCUT2D eigenvalue weighted by Gasteiger charge is -2.43. The number of anilines is 3. The molecule has 2 aromatic rings. The van der Waals surface area contributed by atoms with E-state index in [9.17, 15) is 9.90 Å². The van der Waals surface area contributed by atoms with Gasteiger partial charge in [-0.15, -0.1) is 0 Å². The van der Waals surface area contributed by atoms with E-state index in [2.05, 4.69) is 27.2 Å². The maximum atomic E-state index is 11.7. The van der Waals surface area contributed by atoms with Gasteiger partial charge in [-0.25, -0.2) is 4.98 Å². The molecule has 2 aliphatic heterocycles. The summed E-state index contributed by atoms with van der Waals surface area (Å²) in [7, 11) is 2.98. The molecule has 1 fully saturated rings. The molecule has 4 rings (SSSR count). The first-order chi connectivity index (χ1) is 17.3. The number of rotatable bonds is 8. The average molecular weight is 539 g/mol. The van der Waals surface area contributed by atoms with Crippen molar-refractivity contribution in [2.75, 3.05) is 49.1 Å². The molecular formula is C23H28Cl2N6O5. The molecule has 0 spiro atoms. The fourth-order valence-electron chi connectivity index (χ4n) is 4.25. The molecule has 2 aliphatic rings. The number of halogens is 2. The lowest BCUT2D eigenvalue weighted by atomic mass is 10.1. The highest BCUT2D eigenvalue weighted by Crippen LogP contribution is 2.48. The van der Waals surface area contributed by atoms with Gasteiger partial charge in [0.1, 0.15) is 27.4 Å². The summed E-state index contributed by atoms with van der Waals surface area (Å²) in [5.74, 6) is 1.35. The molecule has 3 unspecified atom stereocenters. The second-order valence-corrected chi connectivity index (χ2v) is 8.92. The third-order valence-electron chi connectivity index (χ3n) is 6.10. The van der Waals surface area contributed by atoms with Crippen molar-refractivity contribution in [1.29, 1.82) is 0 Å². The molecule has 1 saturated heterocycles. The first kappa shape index (κ1) is 26.1. The largest absolute Gasteiger partial charge is 0.495 e. The zero-order valence-corrected chi connectivity index (χ0v) is 21.6. The normalized spacial score (nSPS) is 21.1. The van der Waals surface area contributed by atoms with Crippen molar-refractivity contribution in [3.63, 3.8) is 0 Å². The number of carbonyl (C=O) groups is 1. The Bertz CT molecular complexity index is 1120. The van der Waals surface area contributed by atoms with E-state index in [1.165, 1.54) is 20.3 Å². The Morgan fingerprint density at radius 2 is 1.94 bits per heavy atom. The number of carbonyl (C=O) groups excluding carboxylic acids is 1. The molecule has 0 bridgehead atoms. The second-order valence-electron chi connectivity index (χ2n) is 8.17. The van der Waals surface area contributed by atoms with Gasteiger partial charge < -0.3 is 39.8 Å². The van der Waals surface area contributed by atoms with Gasteiger partial charge in [0.05, 0.1) is 51.7 Å². The van der Waals surface area contributed by atoms with Gasteiger partial charge in [0, 0.05) is 24.4 Å². The standard InChI is InChI=1S/C23H28Cl2N6O5/c1-5-17(32)27-13-10-36-11-14(13)28-22-26-8-12-9-31(23(33)30(6-2)21(12)29-22)20-18(24)15(34-3)7-16(35-4)19(20)25/h5,7-8,13-14,23,33H,1,6,9-11H2,2-4H3,(H,27,32)(H,26,28,29). The number of methoxy groups -OCH3 is 2. The molecule has 1 amide bonds. The minimum Gasteiger partial charge on any atom is -0.495 e. The van der Waals surface area contributed by atoms with E-state index in [4.69, 9.17) is 37.4 Å². The number of nitrogens with zero attached hydrogens (tertiary/aromatic N) is 4. The van der Waals surface area contributed by atoms with Crippen LogP contribution in [0.15, 0.2) is 24.9 Å². The van der Waals surface area contributed by atoms with Crippen LogP contribution in [0.5, 0.6) is 11.5 Å². The Morgan fingerprint density at radius 3 is 2.56 bits per heavy atom. The van der Waals surface area contributed by atoms with Crippen molar-refractivity contribution in [3.8, 4) is 11.5 Å². The maximum Gasteiger partial charge on any atom is 0.243 e. The third-order valence-corrected chi connectivity index (χ3v) is 6.83. The van der Waals surface area contributed by atoms with E-state index in [1.54, 1.807) is 22.1 Å². The van der Waals surface area contributed by atoms with Gasteiger partial charge in [0.2, 0.25) is 18.2 Å². The Labute approximate surface area is 218 Å². The maximum absolute atomic E-state index is 11.7. The van der Waals surface area contributed by atoms with Crippen LogP contribution in [0.3, 0.4) is 0 Å². The second kappa shape index (κ2) is 11.0. The minimum atomic E-state index is -1.13. The summed E-state index contributed by atoms with van der Waals surface area (Å²) in [4.78, 5) is 24.2. The number of amides is 1. The molecule has 11 nitrogen and oxygen atoms in total. The Kier molecular flexibility index (Phi) is 7.94. The molecule has 3 atom stereocenters. The Hall–Kier alpha value is -2.99. The van der Waals surface area contributed by atoms with Crippen LogP contribution >= 0.6 is 23.2 Å². The van der Waals surface area contributed by atoms with Gasteiger partial charge in [0.25, 0.3) is 0 Å². The number of fused-ring (bicyclic) bond motifs is 1. The molecule has 3 heterocycles. The predicted molar refractivity (Wildman–Crippen MR) is 137 cm³/mol. The number of ether oxygens (including phenoxy) is 3. The number of aliphatic hydroxyl groups is 1. The van der Waals surface area contributed by atoms with Gasteiger partial charge in [-0.05, 0) is 13.0 Å². The first-order valence-electron chi connectivity index (χ1n) is 11.3. The molecule has 0 radical (unpaired) electrons. The minimum absolute atomic E-state index is 0.228. The van der Waals surface area contributed by atoms with E-state index in [0.717, 1.165) is 5.56 Å². The molecule has 13 heteroatoms. The first-order valence-corrected chi connectivity index (χ1v) is 12.0. The quantitative estimate of drug-likeness (QED) is 0.432. The Balaban J connectivity index is 1.65. The van der Waals surface area contributed by atoms with Crippen molar-refractivity contribution in [2.45, 2.75) is 31.9 Å². The average Bonchev–Trinajstić information content (AvgIpc) is 3.30. The number of hydrogen-bond acceptors (Lipinski definition) is 10. The molecule has 1 aromatic heterocycles. The van der Waals surface area contributed by atoms with E-state index in [0.29, 0.717) is 48.7 Å². The summed E-state index contributed by atoms with van der Waals surface area (Å²) in [6.07, 6.45) is 1.76. The van der Waals surface area contributed by atoms with Crippen LogP contribution < -0.4 is 29.9 Å². The van der Waals surface area contributed by atoms with Gasteiger partial charge in [0.15, 0.2) is 0 Å². The zero-order valence-electron chi connectivity index (χ0n) is 20.1. The number of aliphatic hydroxyl groups excluding tert-OH is 1. The van der Waals surface area contributed by atoms with Gasteiger partial charge in [-0.3, -0.25) is 4.79 Å². The van der Waals surface area contributed by atoms with Crippen LogP contribution in [-0.4, -0.2) is 73.4 Å². The van der Waals surface area contributed by atoms with Crippen molar-refractivity contribution in [1.82, 2.24) is 15.3 Å². The van der Waals surface area contributed by atoms with E-state index in [-0.39, 0.29) is 34.6 Å². The summed E-state index contributed by atoms with van der Waals surface area (Å²) in [6, 6.07) is 1.11. The molecular weight excluding hydrogens is 511 g/mol. The molecule has 0 saturated carbocycles. The summed E-state index contributed by atoms with van der Waals surface area (Å²) in [6.45, 7) is 6.78. The molecule has 3 N–H and O–H groups in total. The summed E-state index contributed by atoms with van der Waals surface area (Å²) in [5.41, 5.74) is 1.12. The lowest BCUT2D eigenvalue weighted by molar-refractivity contribution is -0.117. The van der Waals surface area contributed by atoms with Crippen LogP contribution in [0.25, 0.3) is 0 Å². The number of benzene rings is 1. The number of nitrogens with one attached hydrogen (secondary N) is 2. The topological polar surface area (TPSA) is 121 Å². The van der Waals surface area contributed by atoms with E-state index < -0.39 is 6.35 Å². The van der Waals surface area contributed by atoms with Crippen LogP contribution in [-0.2, 0) is 16.1 Å². The van der Waals surface area contributed by atoms with Crippen LogP contribution in [0, 0.1) is 0 Å². The van der Waals surface area contributed by atoms with E-state index >= 15 is 0 Å². The highest BCUT2D eigenvalue weighted by atomic mass is 35.5. The van der Waals surface area contributed by atoms with Gasteiger partial charge in [-0.1, -0.05) is 29.8 Å². The van der Waals surface area contributed by atoms with Crippen LogP contribution in [0.2, 0.25) is 10.0 Å². The van der Waals surface area contributed by atoms with E-state index in [1.807, 2.05) is 6.92 Å². The lowest BCUT2D eigenvalue weighted by Crippen LogP contribution is -2.53. The van der Waals surface area contributed by atoms with Crippen molar-refractivity contribution < 1.29 is 24.1 Å². The molecule has 194 valence electrons. The van der Waals surface area contributed by atoms with Crippen LogP contribution in [0.4, 0.5) is 17.5 Å². The summed E-state index contributed by atoms with van der Waals surface area (Å²) < 4.78 is 16.3. The fourth-order valence-corrected chi connectivity index (χ4v) is 4.97. The highest BCUT2D eigenvalue weighted by Gasteiger charge is 2.36. The SMILES string of the molecule is C=CC(=O)NC1COCC1Nc1ncc2c(n1)N(CC)C(O)N(c1c(Cl)c(OC)cc(OC)c1Cl)C2. The number of aromatic nitrogens is 2. The zero-order chi connectivity index (χ0) is 26.0. The highest BCUT2D eigenvalue weighted by molar-refractivity contribution is 6.41. The molecule has 0 aliphatic carbocycles. The van der Waals surface area contributed by atoms with Crippen LogP contribution in [0.1, 0.15) is 12.5 Å².